The fourth-order valence-electron chi connectivity index (χ4n) is 3.20. The standard InChI is InChI=1S/C17H17F3N2O3S/c1-25-13-3-4-14(7-13)26(23,24)16-5-2-11(6-15(16)17(18,19)20)12-8-21-10-22-9-12/h2,5-6,8-10,13-14H,3-4,7H2,1H3/t13-,14-/m0/s1. The van der Waals surface area contributed by atoms with Crippen LogP contribution in [0, 0.1) is 0 Å². The van der Waals surface area contributed by atoms with Crippen LogP contribution in [0.25, 0.3) is 11.1 Å². The Balaban J connectivity index is 2.07. The van der Waals surface area contributed by atoms with E-state index in [1.807, 2.05) is 0 Å². The van der Waals surface area contributed by atoms with Crippen molar-refractivity contribution in [3.63, 3.8) is 0 Å². The van der Waals surface area contributed by atoms with E-state index in [9.17, 15) is 21.6 Å². The Bertz CT molecular complexity index is 886. The van der Waals surface area contributed by atoms with Crippen molar-refractivity contribution in [1.29, 1.82) is 0 Å². The molecule has 0 radical (unpaired) electrons. The molecule has 1 fully saturated rings. The zero-order chi connectivity index (χ0) is 18.9. The van der Waals surface area contributed by atoms with Crippen molar-refractivity contribution in [2.24, 2.45) is 0 Å². The summed E-state index contributed by atoms with van der Waals surface area (Å²) in [5.41, 5.74) is -0.583. The van der Waals surface area contributed by atoms with Crippen LogP contribution in [0.1, 0.15) is 24.8 Å². The minimum absolute atomic E-state index is 0.199. The van der Waals surface area contributed by atoms with Crippen molar-refractivity contribution in [3.8, 4) is 11.1 Å². The van der Waals surface area contributed by atoms with Crippen molar-refractivity contribution in [1.82, 2.24) is 9.97 Å². The Hall–Kier alpha value is -2.00. The number of sulfone groups is 1. The molecule has 0 aliphatic heterocycles. The molecule has 3 rings (SSSR count). The molecule has 1 heterocycles. The molecule has 140 valence electrons. The first kappa shape index (κ1) is 18.8. The molecule has 9 heteroatoms. The molecular formula is C17H17F3N2O3S. The van der Waals surface area contributed by atoms with Gasteiger partial charge in [0.1, 0.15) is 6.33 Å². The molecule has 1 aromatic carbocycles. The fraction of sp³-hybridized carbons (Fsp3) is 0.412. The number of methoxy groups -OCH3 is 1. The quantitative estimate of drug-likeness (QED) is 0.804. The summed E-state index contributed by atoms with van der Waals surface area (Å²) in [6.45, 7) is 0. The molecular weight excluding hydrogens is 369 g/mol. The minimum Gasteiger partial charge on any atom is -0.381 e. The zero-order valence-corrected chi connectivity index (χ0v) is 14.7. The molecule has 5 nitrogen and oxygen atoms in total. The number of aromatic nitrogens is 2. The normalized spacial score (nSPS) is 21.1. The lowest BCUT2D eigenvalue weighted by Crippen LogP contribution is -2.23. The Morgan fingerprint density at radius 2 is 1.81 bits per heavy atom. The molecule has 0 bridgehead atoms. The molecule has 1 aliphatic carbocycles. The second kappa shape index (κ2) is 6.96. The predicted molar refractivity (Wildman–Crippen MR) is 88.1 cm³/mol. The minimum atomic E-state index is -4.80. The molecule has 0 unspecified atom stereocenters. The van der Waals surface area contributed by atoms with Crippen molar-refractivity contribution >= 4 is 9.84 Å². The van der Waals surface area contributed by atoms with Crippen LogP contribution in [-0.4, -0.2) is 36.8 Å². The van der Waals surface area contributed by atoms with Gasteiger partial charge in [0.15, 0.2) is 9.84 Å². The summed E-state index contributed by atoms with van der Waals surface area (Å²) in [5, 5.41) is -0.876. The first-order valence-electron chi connectivity index (χ1n) is 7.97. The maximum absolute atomic E-state index is 13.6. The third kappa shape index (κ3) is 3.59. The smallest absolute Gasteiger partial charge is 0.381 e. The molecule has 1 aliphatic rings. The number of nitrogens with zero attached hydrogens (tertiary/aromatic N) is 2. The fourth-order valence-corrected chi connectivity index (χ4v) is 5.22. The van der Waals surface area contributed by atoms with Crippen LogP contribution in [0.2, 0.25) is 0 Å². The highest BCUT2D eigenvalue weighted by molar-refractivity contribution is 7.92. The van der Waals surface area contributed by atoms with Crippen LogP contribution in [0.5, 0.6) is 0 Å². The van der Waals surface area contributed by atoms with E-state index in [4.69, 9.17) is 4.74 Å². The van der Waals surface area contributed by atoms with Crippen LogP contribution in [0.4, 0.5) is 13.2 Å². The van der Waals surface area contributed by atoms with Crippen molar-refractivity contribution in [2.45, 2.75) is 41.7 Å². The Labute approximate surface area is 149 Å². The molecule has 0 N–H and O–H groups in total. The summed E-state index contributed by atoms with van der Waals surface area (Å²) < 4.78 is 71.6. The van der Waals surface area contributed by atoms with Crippen LogP contribution < -0.4 is 0 Å². The third-order valence-corrected chi connectivity index (χ3v) is 6.87. The second-order valence-electron chi connectivity index (χ2n) is 6.17. The highest BCUT2D eigenvalue weighted by Crippen LogP contribution is 2.40. The lowest BCUT2D eigenvalue weighted by atomic mass is 10.1. The van der Waals surface area contributed by atoms with Crippen molar-refractivity contribution in [3.05, 3.63) is 42.5 Å². The van der Waals surface area contributed by atoms with E-state index in [1.54, 1.807) is 0 Å². The maximum atomic E-state index is 13.6. The van der Waals surface area contributed by atoms with Gasteiger partial charge >= 0.3 is 6.18 Å². The highest BCUT2D eigenvalue weighted by atomic mass is 32.2. The van der Waals surface area contributed by atoms with E-state index in [-0.39, 0.29) is 24.5 Å². The van der Waals surface area contributed by atoms with Gasteiger partial charge in [-0.15, -0.1) is 0 Å². The van der Waals surface area contributed by atoms with Crippen LogP contribution in [0.15, 0.2) is 41.8 Å². The SMILES string of the molecule is CO[C@H]1CC[C@H](S(=O)(=O)c2ccc(-c3cncnc3)cc2C(F)(F)F)C1. The molecule has 2 aromatic rings. The number of benzene rings is 1. The van der Waals surface area contributed by atoms with Gasteiger partial charge in [0, 0.05) is 25.1 Å². The van der Waals surface area contributed by atoms with Crippen LogP contribution in [-0.2, 0) is 20.8 Å². The highest BCUT2D eigenvalue weighted by Gasteiger charge is 2.42. The van der Waals surface area contributed by atoms with E-state index < -0.39 is 31.7 Å². The third-order valence-electron chi connectivity index (χ3n) is 4.59. The van der Waals surface area contributed by atoms with Crippen molar-refractivity contribution < 1.29 is 26.3 Å². The molecule has 0 amide bonds. The van der Waals surface area contributed by atoms with E-state index in [0.717, 1.165) is 12.1 Å². The Kier molecular flexibility index (Phi) is 5.03. The predicted octanol–water partition coefficient (Wildman–Crippen LogP) is 3.50. The summed E-state index contributed by atoms with van der Waals surface area (Å²) in [7, 11) is -2.66. The summed E-state index contributed by atoms with van der Waals surface area (Å²) in [6, 6.07) is 3.22. The largest absolute Gasteiger partial charge is 0.417 e. The van der Waals surface area contributed by atoms with E-state index in [1.165, 1.54) is 31.9 Å². The Morgan fingerprint density at radius 3 is 2.38 bits per heavy atom. The second-order valence-corrected chi connectivity index (χ2v) is 8.37. The number of ether oxygens (including phenoxy) is 1. The van der Waals surface area contributed by atoms with Gasteiger partial charge in [-0.3, -0.25) is 0 Å². The summed E-state index contributed by atoms with van der Waals surface area (Å²) in [4.78, 5) is 6.87. The van der Waals surface area contributed by atoms with Gasteiger partial charge in [0.05, 0.1) is 21.8 Å². The number of hydrogen-bond acceptors (Lipinski definition) is 5. The molecule has 0 spiro atoms. The Morgan fingerprint density at radius 1 is 1.12 bits per heavy atom. The first-order chi connectivity index (χ1) is 12.2. The van der Waals surface area contributed by atoms with Gasteiger partial charge in [0.25, 0.3) is 0 Å². The average Bonchev–Trinajstić information content (AvgIpc) is 3.11. The van der Waals surface area contributed by atoms with Gasteiger partial charge < -0.3 is 4.74 Å². The summed E-state index contributed by atoms with van der Waals surface area (Å²) in [5.74, 6) is 0. The van der Waals surface area contributed by atoms with Gasteiger partial charge in [0.2, 0.25) is 0 Å². The lowest BCUT2D eigenvalue weighted by molar-refractivity contribution is -0.139. The molecule has 26 heavy (non-hydrogen) atoms. The number of halogens is 3. The van der Waals surface area contributed by atoms with E-state index in [0.29, 0.717) is 12.0 Å². The van der Waals surface area contributed by atoms with Gasteiger partial charge in [-0.05, 0) is 37.0 Å². The van der Waals surface area contributed by atoms with Gasteiger partial charge in [-0.25, -0.2) is 18.4 Å². The molecule has 1 aromatic heterocycles. The maximum Gasteiger partial charge on any atom is 0.417 e. The van der Waals surface area contributed by atoms with Crippen molar-refractivity contribution in [2.75, 3.05) is 7.11 Å². The number of hydrogen-bond donors (Lipinski definition) is 0. The molecule has 2 atom stereocenters. The zero-order valence-electron chi connectivity index (χ0n) is 13.9. The van der Waals surface area contributed by atoms with Gasteiger partial charge in [-0.1, -0.05) is 6.07 Å². The topological polar surface area (TPSA) is 69.2 Å². The van der Waals surface area contributed by atoms with E-state index in [2.05, 4.69) is 9.97 Å². The molecule has 0 saturated heterocycles. The lowest BCUT2D eigenvalue weighted by Gasteiger charge is -2.18. The van der Waals surface area contributed by atoms with Gasteiger partial charge in [-0.2, -0.15) is 13.2 Å². The van der Waals surface area contributed by atoms with E-state index >= 15 is 0 Å². The van der Waals surface area contributed by atoms with Crippen LogP contribution in [0.3, 0.4) is 0 Å². The number of alkyl halides is 3. The average molecular weight is 386 g/mol. The summed E-state index contributed by atoms with van der Waals surface area (Å²) in [6.07, 6.45) is -0.0389. The summed E-state index contributed by atoms with van der Waals surface area (Å²) >= 11 is 0. The van der Waals surface area contributed by atoms with Crippen LogP contribution >= 0.6 is 0 Å². The monoisotopic (exact) mass is 386 g/mol. The first-order valence-corrected chi connectivity index (χ1v) is 9.51. The number of rotatable bonds is 4. The molecule has 1 saturated carbocycles.